The first-order chi connectivity index (χ1) is 10.6. The van der Waals surface area contributed by atoms with E-state index in [9.17, 15) is 0 Å². The molecule has 0 spiro atoms. The van der Waals surface area contributed by atoms with Crippen molar-refractivity contribution in [3.8, 4) is 0 Å². The molecule has 7 nitrogen and oxygen atoms in total. The van der Waals surface area contributed by atoms with Gasteiger partial charge in [-0.05, 0) is 31.7 Å². The lowest BCUT2D eigenvalue weighted by Gasteiger charge is -2.24. The predicted octanol–water partition coefficient (Wildman–Crippen LogP) is 1.24. The second-order valence-electron chi connectivity index (χ2n) is 6.91. The standard InChI is InChI=1S/C15H27N7/c1-15(6-3-4-7-15)10-18-13-19-12(16)20-14(21-13)22-8-5-11(9-22)17-2/h11,17H,3-10H2,1-2H3,(H3,16,18,19,20,21)/t11-/m1/s1. The number of hydrogen-bond donors (Lipinski definition) is 3. The van der Waals surface area contributed by atoms with E-state index in [1.54, 1.807) is 0 Å². The summed E-state index contributed by atoms with van der Waals surface area (Å²) >= 11 is 0. The van der Waals surface area contributed by atoms with Crippen molar-refractivity contribution < 1.29 is 0 Å². The molecule has 1 aromatic rings. The summed E-state index contributed by atoms with van der Waals surface area (Å²) in [5.41, 5.74) is 6.22. The highest BCUT2D eigenvalue weighted by Crippen LogP contribution is 2.37. The van der Waals surface area contributed by atoms with Gasteiger partial charge in [0, 0.05) is 25.7 Å². The van der Waals surface area contributed by atoms with E-state index in [2.05, 4.69) is 37.4 Å². The minimum Gasteiger partial charge on any atom is -0.368 e. The molecule has 0 unspecified atom stereocenters. The van der Waals surface area contributed by atoms with Gasteiger partial charge in [0.2, 0.25) is 17.8 Å². The summed E-state index contributed by atoms with van der Waals surface area (Å²) in [6.45, 7) is 5.09. The molecule has 1 aromatic heterocycles. The Labute approximate surface area is 132 Å². The summed E-state index contributed by atoms with van der Waals surface area (Å²) in [6, 6.07) is 0.492. The van der Waals surface area contributed by atoms with Crippen molar-refractivity contribution >= 4 is 17.8 Å². The molecule has 2 heterocycles. The molecule has 0 radical (unpaired) electrons. The van der Waals surface area contributed by atoms with Crippen LogP contribution >= 0.6 is 0 Å². The second kappa shape index (κ2) is 6.24. The van der Waals surface area contributed by atoms with Crippen LogP contribution in [0.3, 0.4) is 0 Å². The lowest BCUT2D eigenvalue weighted by atomic mass is 9.89. The zero-order valence-electron chi connectivity index (χ0n) is 13.6. The predicted molar refractivity (Wildman–Crippen MR) is 89.0 cm³/mol. The average Bonchev–Trinajstić information content (AvgIpc) is 3.14. The highest BCUT2D eigenvalue weighted by Gasteiger charge is 2.29. The Morgan fingerprint density at radius 1 is 1.27 bits per heavy atom. The topological polar surface area (TPSA) is 92.0 Å². The van der Waals surface area contributed by atoms with E-state index < -0.39 is 0 Å². The molecule has 1 saturated carbocycles. The molecule has 1 aliphatic carbocycles. The number of nitrogens with one attached hydrogen (secondary N) is 2. The summed E-state index contributed by atoms with van der Waals surface area (Å²) in [4.78, 5) is 15.3. The Morgan fingerprint density at radius 2 is 2.05 bits per heavy atom. The van der Waals surface area contributed by atoms with Crippen LogP contribution in [0, 0.1) is 5.41 Å². The summed E-state index contributed by atoms with van der Waals surface area (Å²) in [7, 11) is 1.99. The number of likely N-dealkylation sites (N-methyl/N-ethyl adjacent to an activating group) is 1. The van der Waals surface area contributed by atoms with Crippen LogP contribution in [0.4, 0.5) is 17.8 Å². The van der Waals surface area contributed by atoms with Gasteiger partial charge in [-0.15, -0.1) is 0 Å². The lowest BCUT2D eigenvalue weighted by molar-refractivity contribution is 0.361. The molecule has 1 saturated heterocycles. The molecule has 0 bridgehead atoms. The molecule has 4 N–H and O–H groups in total. The zero-order valence-corrected chi connectivity index (χ0v) is 13.6. The fraction of sp³-hybridized carbons (Fsp3) is 0.800. The highest BCUT2D eigenvalue weighted by molar-refractivity contribution is 5.43. The second-order valence-corrected chi connectivity index (χ2v) is 6.91. The number of nitrogens with two attached hydrogens (primary N) is 1. The van der Waals surface area contributed by atoms with Crippen molar-refractivity contribution in [2.24, 2.45) is 5.41 Å². The van der Waals surface area contributed by atoms with Gasteiger partial charge in [-0.2, -0.15) is 15.0 Å². The van der Waals surface area contributed by atoms with Crippen molar-refractivity contribution in [2.45, 2.75) is 45.1 Å². The Kier molecular flexibility index (Phi) is 4.33. The fourth-order valence-electron chi connectivity index (χ4n) is 3.48. The highest BCUT2D eigenvalue weighted by atomic mass is 15.3. The van der Waals surface area contributed by atoms with Gasteiger partial charge in [0.05, 0.1) is 0 Å². The molecule has 22 heavy (non-hydrogen) atoms. The number of nitrogens with zero attached hydrogens (tertiary/aromatic N) is 4. The SMILES string of the molecule is CN[C@@H]1CCN(c2nc(N)nc(NCC3(C)CCCC3)n2)C1. The van der Waals surface area contributed by atoms with Crippen molar-refractivity contribution in [1.29, 1.82) is 0 Å². The molecule has 2 aliphatic rings. The van der Waals surface area contributed by atoms with Gasteiger partial charge < -0.3 is 21.3 Å². The van der Waals surface area contributed by atoms with Crippen LogP contribution in [0.1, 0.15) is 39.0 Å². The van der Waals surface area contributed by atoms with E-state index in [1.807, 2.05) is 7.05 Å². The van der Waals surface area contributed by atoms with Crippen LogP contribution in [-0.4, -0.2) is 47.7 Å². The van der Waals surface area contributed by atoms with E-state index in [1.165, 1.54) is 25.7 Å². The largest absolute Gasteiger partial charge is 0.368 e. The van der Waals surface area contributed by atoms with E-state index in [-0.39, 0.29) is 5.95 Å². The lowest BCUT2D eigenvalue weighted by Crippen LogP contribution is -2.31. The van der Waals surface area contributed by atoms with Crippen LogP contribution < -0.4 is 21.3 Å². The Bertz CT molecular complexity index is 513. The van der Waals surface area contributed by atoms with Gasteiger partial charge in [0.1, 0.15) is 0 Å². The number of rotatable bonds is 5. The third-order valence-corrected chi connectivity index (χ3v) is 5.00. The van der Waals surface area contributed by atoms with Crippen molar-refractivity contribution in [3.05, 3.63) is 0 Å². The molecule has 3 rings (SSSR count). The molecular formula is C15H27N7. The van der Waals surface area contributed by atoms with Crippen LogP contribution in [0.2, 0.25) is 0 Å². The monoisotopic (exact) mass is 305 g/mol. The average molecular weight is 305 g/mol. The maximum atomic E-state index is 5.87. The Hall–Kier alpha value is -1.63. The van der Waals surface area contributed by atoms with Gasteiger partial charge in [-0.1, -0.05) is 19.8 Å². The van der Waals surface area contributed by atoms with Gasteiger partial charge in [0.15, 0.2) is 0 Å². The third kappa shape index (κ3) is 3.40. The minimum absolute atomic E-state index is 0.289. The molecule has 0 amide bonds. The first-order valence-electron chi connectivity index (χ1n) is 8.26. The number of nitrogen functional groups attached to an aromatic ring is 1. The van der Waals surface area contributed by atoms with Gasteiger partial charge in [0.25, 0.3) is 0 Å². The van der Waals surface area contributed by atoms with E-state index in [4.69, 9.17) is 5.73 Å². The van der Waals surface area contributed by atoms with E-state index >= 15 is 0 Å². The first-order valence-corrected chi connectivity index (χ1v) is 8.26. The van der Waals surface area contributed by atoms with Crippen molar-refractivity contribution in [1.82, 2.24) is 20.3 Å². The molecule has 1 aliphatic heterocycles. The van der Waals surface area contributed by atoms with Crippen LogP contribution in [0.5, 0.6) is 0 Å². The maximum absolute atomic E-state index is 5.87. The molecular weight excluding hydrogens is 278 g/mol. The summed E-state index contributed by atoms with van der Waals surface area (Å²) in [5.74, 6) is 1.57. The normalized spacial score (nSPS) is 23.9. The van der Waals surface area contributed by atoms with E-state index in [0.717, 1.165) is 26.1 Å². The summed E-state index contributed by atoms with van der Waals surface area (Å²) in [5, 5.41) is 6.67. The van der Waals surface area contributed by atoms with Crippen molar-refractivity contribution in [3.63, 3.8) is 0 Å². The van der Waals surface area contributed by atoms with Crippen LogP contribution in [0.15, 0.2) is 0 Å². The zero-order chi connectivity index (χ0) is 15.6. The van der Waals surface area contributed by atoms with Gasteiger partial charge in [-0.25, -0.2) is 0 Å². The quantitative estimate of drug-likeness (QED) is 0.754. The number of aromatic nitrogens is 3. The summed E-state index contributed by atoms with van der Waals surface area (Å²) < 4.78 is 0. The molecule has 2 fully saturated rings. The Balaban J connectivity index is 1.67. The minimum atomic E-state index is 0.289. The summed E-state index contributed by atoms with van der Waals surface area (Å²) in [6.07, 6.45) is 6.28. The van der Waals surface area contributed by atoms with Gasteiger partial charge >= 0.3 is 0 Å². The number of hydrogen-bond acceptors (Lipinski definition) is 7. The Morgan fingerprint density at radius 3 is 2.73 bits per heavy atom. The maximum Gasteiger partial charge on any atom is 0.232 e. The number of anilines is 3. The molecule has 7 heteroatoms. The van der Waals surface area contributed by atoms with Crippen LogP contribution in [-0.2, 0) is 0 Å². The van der Waals surface area contributed by atoms with E-state index in [0.29, 0.717) is 23.4 Å². The fourth-order valence-corrected chi connectivity index (χ4v) is 3.48. The smallest absolute Gasteiger partial charge is 0.232 e. The van der Waals surface area contributed by atoms with Crippen LogP contribution in [0.25, 0.3) is 0 Å². The van der Waals surface area contributed by atoms with Gasteiger partial charge in [-0.3, -0.25) is 0 Å². The molecule has 1 atom stereocenters. The third-order valence-electron chi connectivity index (χ3n) is 5.00. The molecule has 122 valence electrons. The first kappa shape index (κ1) is 15.3. The van der Waals surface area contributed by atoms with Crippen molar-refractivity contribution in [2.75, 3.05) is 42.6 Å². The molecule has 0 aromatic carbocycles.